The lowest BCUT2D eigenvalue weighted by Crippen LogP contribution is -2.25. The van der Waals surface area contributed by atoms with Crippen LogP contribution in [0, 0.1) is 18.3 Å². The highest BCUT2D eigenvalue weighted by molar-refractivity contribution is 5.85. The lowest BCUT2D eigenvalue weighted by molar-refractivity contribution is -0.123. The van der Waals surface area contributed by atoms with Gasteiger partial charge in [-0.2, -0.15) is 0 Å². The number of rotatable bonds is 4. The summed E-state index contributed by atoms with van der Waals surface area (Å²) >= 11 is 0. The summed E-state index contributed by atoms with van der Waals surface area (Å²) in [5, 5.41) is 0. The van der Waals surface area contributed by atoms with Crippen LogP contribution in [-0.4, -0.2) is 19.0 Å². The number of carbonyl (C=O) groups excluding carboxylic acids is 1. The highest BCUT2D eigenvalue weighted by Gasteiger charge is 2.32. The maximum Gasteiger partial charge on any atom is 0.161 e. The maximum absolute atomic E-state index is 12.1. The molecule has 0 heterocycles. The molecule has 1 aromatic rings. The lowest BCUT2D eigenvalue weighted by atomic mass is 9.75. The van der Waals surface area contributed by atoms with Crippen LogP contribution in [0.5, 0.6) is 11.5 Å². The number of benzene rings is 2. The maximum atomic E-state index is 12.1. The van der Waals surface area contributed by atoms with Crippen LogP contribution in [0.15, 0.2) is 42.5 Å². The average Bonchev–Trinajstić information content (AvgIpc) is 3.09. The van der Waals surface area contributed by atoms with Crippen LogP contribution in [0.4, 0.5) is 0 Å². The largest absolute Gasteiger partial charge is 0.493 e. The molecule has 2 fully saturated rings. The van der Waals surface area contributed by atoms with Crippen molar-refractivity contribution in [3.63, 3.8) is 0 Å². The van der Waals surface area contributed by atoms with Crippen LogP contribution < -0.4 is 9.47 Å². The fourth-order valence-corrected chi connectivity index (χ4v) is 4.49. The Morgan fingerprint density at radius 2 is 1.72 bits per heavy atom. The minimum absolute atomic E-state index is 0.0954. The summed E-state index contributed by atoms with van der Waals surface area (Å²) in [6.07, 6.45) is 13.0. The van der Waals surface area contributed by atoms with Gasteiger partial charge >= 0.3 is 0 Å². The van der Waals surface area contributed by atoms with E-state index in [-0.39, 0.29) is 23.7 Å². The SMILES string of the molecule is C#CC1C(=O)CCCC1c1ccc(OC)c(OC2CCCC2)c1.c1cc2cc-2c1. The van der Waals surface area contributed by atoms with E-state index in [1.165, 1.54) is 24.0 Å². The van der Waals surface area contributed by atoms with E-state index in [0.717, 1.165) is 42.7 Å². The van der Waals surface area contributed by atoms with Crippen molar-refractivity contribution >= 4 is 5.78 Å². The topological polar surface area (TPSA) is 35.5 Å². The van der Waals surface area contributed by atoms with Gasteiger partial charge in [0.25, 0.3) is 0 Å². The first kappa shape index (κ1) is 19.6. The fraction of sp³-hybridized carbons (Fsp3) is 0.423. The van der Waals surface area contributed by atoms with E-state index in [0.29, 0.717) is 6.42 Å². The normalized spacial score (nSPS) is 22.3. The van der Waals surface area contributed by atoms with Gasteiger partial charge in [0, 0.05) is 12.3 Å². The van der Waals surface area contributed by atoms with Crippen LogP contribution >= 0.6 is 0 Å². The average molecular weight is 389 g/mol. The minimum Gasteiger partial charge on any atom is -0.493 e. The van der Waals surface area contributed by atoms with Gasteiger partial charge in [0.05, 0.1) is 19.1 Å². The van der Waals surface area contributed by atoms with Crippen LogP contribution in [-0.2, 0) is 4.79 Å². The number of Topliss-reactive ketones (excluding diaryl/α,β-unsaturated/α-hetero) is 1. The molecule has 3 heteroatoms. The van der Waals surface area contributed by atoms with Gasteiger partial charge in [-0.25, -0.2) is 0 Å². The monoisotopic (exact) mass is 388 g/mol. The highest BCUT2D eigenvalue weighted by atomic mass is 16.5. The second kappa shape index (κ2) is 8.74. The molecule has 150 valence electrons. The number of ether oxygens (including phenoxy) is 2. The molecule has 1 aromatic carbocycles. The molecule has 0 bridgehead atoms. The third-order valence-corrected chi connectivity index (χ3v) is 6.19. The van der Waals surface area contributed by atoms with E-state index < -0.39 is 0 Å². The Morgan fingerprint density at radius 3 is 2.31 bits per heavy atom. The molecule has 0 N–H and O–H groups in total. The predicted octanol–water partition coefficient (Wildman–Crippen LogP) is 5.77. The minimum atomic E-state index is -0.309. The van der Waals surface area contributed by atoms with Crippen molar-refractivity contribution in [1.82, 2.24) is 0 Å². The molecule has 0 aliphatic heterocycles. The van der Waals surface area contributed by atoms with Gasteiger partial charge < -0.3 is 9.47 Å². The molecule has 2 unspecified atom stereocenters. The summed E-state index contributed by atoms with van der Waals surface area (Å²) in [6.45, 7) is 0. The molecule has 4 aliphatic carbocycles. The van der Waals surface area contributed by atoms with Crippen molar-refractivity contribution in [2.45, 2.75) is 57.0 Å². The summed E-state index contributed by atoms with van der Waals surface area (Å²) in [5.74, 6) is 4.21. The second-order valence-electron chi connectivity index (χ2n) is 8.12. The number of terminal acetylenes is 1. The second-order valence-corrected chi connectivity index (χ2v) is 8.12. The van der Waals surface area contributed by atoms with E-state index in [4.69, 9.17) is 15.9 Å². The van der Waals surface area contributed by atoms with Gasteiger partial charge in [0.2, 0.25) is 0 Å². The Hall–Kier alpha value is -2.73. The van der Waals surface area contributed by atoms with E-state index >= 15 is 0 Å². The molecule has 0 aromatic heterocycles. The zero-order chi connectivity index (χ0) is 20.2. The molecule has 2 atom stereocenters. The van der Waals surface area contributed by atoms with Crippen molar-refractivity contribution in [3.8, 4) is 35.0 Å². The molecule has 0 spiro atoms. The van der Waals surface area contributed by atoms with Gasteiger partial charge in [-0.3, -0.25) is 4.79 Å². The quantitative estimate of drug-likeness (QED) is 0.532. The Morgan fingerprint density at radius 1 is 0.966 bits per heavy atom. The molecule has 3 nitrogen and oxygen atoms in total. The molecular formula is C26H28O3. The van der Waals surface area contributed by atoms with Crippen LogP contribution in [0.25, 0.3) is 11.1 Å². The Bertz CT molecular complexity index is 901. The molecule has 0 saturated heterocycles. The number of hydrogen-bond acceptors (Lipinski definition) is 3. The molecular weight excluding hydrogens is 360 g/mol. The molecule has 0 radical (unpaired) electrons. The van der Waals surface area contributed by atoms with E-state index in [9.17, 15) is 4.79 Å². The van der Waals surface area contributed by atoms with Crippen LogP contribution in [0.2, 0.25) is 0 Å². The zero-order valence-corrected chi connectivity index (χ0v) is 17.0. The number of methoxy groups -OCH3 is 1. The summed E-state index contributed by atoms with van der Waals surface area (Å²) in [6, 6.07) is 14.5. The molecule has 29 heavy (non-hydrogen) atoms. The van der Waals surface area contributed by atoms with Crippen molar-refractivity contribution in [2.24, 2.45) is 5.92 Å². The zero-order valence-electron chi connectivity index (χ0n) is 17.0. The molecule has 0 amide bonds. The summed E-state index contributed by atoms with van der Waals surface area (Å²) < 4.78 is 11.6. The third-order valence-electron chi connectivity index (χ3n) is 6.19. The van der Waals surface area contributed by atoms with Gasteiger partial charge in [-0.15, -0.1) is 6.42 Å². The third kappa shape index (κ3) is 4.48. The summed E-state index contributed by atoms with van der Waals surface area (Å²) in [7, 11) is 1.66. The highest BCUT2D eigenvalue weighted by Crippen LogP contribution is 2.40. The van der Waals surface area contributed by atoms with Gasteiger partial charge in [0.1, 0.15) is 5.78 Å². The Balaban J connectivity index is 0.000000286. The predicted molar refractivity (Wildman–Crippen MR) is 115 cm³/mol. The number of carbonyl (C=O) groups is 1. The van der Waals surface area contributed by atoms with Crippen molar-refractivity contribution in [2.75, 3.05) is 7.11 Å². The Kier molecular flexibility index (Phi) is 5.90. The first-order valence-electron chi connectivity index (χ1n) is 10.6. The summed E-state index contributed by atoms with van der Waals surface area (Å²) in [4.78, 5) is 12.1. The van der Waals surface area contributed by atoms with Crippen molar-refractivity contribution in [1.29, 1.82) is 0 Å². The number of ketones is 1. The van der Waals surface area contributed by atoms with E-state index in [1.807, 2.05) is 18.2 Å². The van der Waals surface area contributed by atoms with E-state index in [2.05, 4.69) is 30.2 Å². The molecule has 2 saturated carbocycles. The first-order valence-corrected chi connectivity index (χ1v) is 10.6. The lowest BCUT2D eigenvalue weighted by Gasteiger charge is -2.28. The number of fused-ring (bicyclic) bond motifs is 1. The standard InChI is InChI=1S/C20H24O3.C6H4/c1-3-16-17(9-6-10-18(16)21)14-11-12-19(22-2)20(13-14)23-15-7-4-5-8-15;1-2-5-4-6(5)3-1/h1,11-13,15-17H,4-10H2,2H3;1-4H. The summed E-state index contributed by atoms with van der Waals surface area (Å²) in [5.41, 5.74) is 3.94. The molecule has 5 rings (SSSR count). The Labute approximate surface area is 173 Å². The smallest absolute Gasteiger partial charge is 0.161 e. The van der Waals surface area contributed by atoms with Gasteiger partial charge in [-0.1, -0.05) is 30.2 Å². The molecule has 4 aliphatic rings. The fourth-order valence-electron chi connectivity index (χ4n) is 4.49. The van der Waals surface area contributed by atoms with Crippen molar-refractivity contribution in [3.05, 3.63) is 48.0 Å². The number of hydrogen-bond donors (Lipinski definition) is 0. The van der Waals surface area contributed by atoms with Crippen molar-refractivity contribution < 1.29 is 14.3 Å². The van der Waals surface area contributed by atoms with Crippen LogP contribution in [0.3, 0.4) is 0 Å². The van der Waals surface area contributed by atoms with Gasteiger partial charge in [-0.05, 0) is 73.4 Å². The first-order chi connectivity index (χ1) is 14.2. The van der Waals surface area contributed by atoms with Gasteiger partial charge in [0.15, 0.2) is 11.5 Å². The van der Waals surface area contributed by atoms with E-state index in [1.54, 1.807) is 7.11 Å². The van der Waals surface area contributed by atoms with Crippen LogP contribution in [0.1, 0.15) is 56.4 Å².